The smallest absolute Gasteiger partial charge is 0.323 e. The van der Waals surface area contributed by atoms with Crippen molar-refractivity contribution < 1.29 is 32.6 Å². The Morgan fingerprint density at radius 1 is 1.03 bits per heavy atom. The fraction of sp³-hybridized carbons (Fsp3) is 0.217. The molecule has 182 valence electrons. The Labute approximate surface area is 202 Å². The number of carbonyl (C=O) groups excluding carboxylic acids is 1. The zero-order valence-electron chi connectivity index (χ0n) is 17.9. The number of carboxylic acids is 1. The van der Waals surface area contributed by atoms with Gasteiger partial charge in [-0.15, -0.1) is 0 Å². The molecule has 12 heteroatoms. The minimum absolute atomic E-state index is 0.0500. The lowest BCUT2D eigenvalue weighted by molar-refractivity contribution is -0.157. The Kier molecular flexibility index (Phi) is 6.79. The summed E-state index contributed by atoms with van der Waals surface area (Å²) in [5.41, 5.74) is -1.23. The van der Waals surface area contributed by atoms with E-state index >= 15 is 0 Å². The van der Waals surface area contributed by atoms with Crippen molar-refractivity contribution in [3.63, 3.8) is 0 Å². The van der Waals surface area contributed by atoms with Crippen LogP contribution in [0.2, 0.25) is 5.02 Å². The van der Waals surface area contributed by atoms with Crippen LogP contribution in [0.4, 0.5) is 29.3 Å². The highest BCUT2D eigenvalue weighted by atomic mass is 35.5. The van der Waals surface area contributed by atoms with Crippen LogP contribution < -0.4 is 15.4 Å². The Hall–Kier alpha value is -3.86. The molecule has 1 heterocycles. The van der Waals surface area contributed by atoms with E-state index in [1.807, 2.05) is 0 Å². The van der Waals surface area contributed by atoms with E-state index in [0.717, 1.165) is 30.7 Å². The van der Waals surface area contributed by atoms with E-state index in [2.05, 4.69) is 20.6 Å². The van der Waals surface area contributed by atoms with E-state index in [1.165, 1.54) is 18.5 Å². The van der Waals surface area contributed by atoms with E-state index in [1.54, 1.807) is 0 Å². The zero-order chi connectivity index (χ0) is 25.2. The number of amides is 2. The fourth-order valence-corrected chi connectivity index (χ4v) is 3.70. The molecule has 0 unspecified atom stereocenters. The van der Waals surface area contributed by atoms with Gasteiger partial charge in [-0.25, -0.2) is 27.9 Å². The van der Waals surface area contributed by atoms with Gasteiger partial charge in [-0.3, -0.25) is 4.79 Å². The number of aliphatic carboxylic acids is 1. The molecule has 0 saturated heterocycles. The predicted molar refractivity (Wildman–Crippen MR) is 121 cm³/mol. The maximum absolute atomic E-state index is 14.6. The summed E-state index contributed by atoms with van der Waals surface area (Å²) in [5.74, 6) is -3.67. The lowest BCUT2D eigenvalue weighted by Gasteiger charge is -2.36. The standard InChI is InChI=1S/C23H18ClF3N4O4/c24-15-8-14(25)2-3-18(15)30-21(34)31-19-16(26)6-12(7-17(19)27)13-9-28-22(29-10-13)35-11-23(20(32)33)4-1-5-23/h2-3,6-10H,1,4-5,11H2,(H,32,33)(H2,30,31,34). The van der Waals surface area contributed by atoms with Crippen LogP contribution in [0.25, 0.3) is 11.1 Å². The van der Waals surface area contributed by atoms with Gasteiger partial charge in [0.2, 0.25) is 0 Å². The van der Waals surface area contributed by atoms with E-state index in [-0.39, 0.29) is 34.5 Å². The molecule has 0 aliphatic heterocycles. The van der Waals surface area contributed by atoms with Gasteiger partial charge in [-0.2, -0.15) is 0 Å². The van der Waals surface area contributed by atoms with Crippen LogP contribution in [-0.2, 0) is 4.79 Å². The number of aromatic nitrogens is 2. The second-order valence-corrected chi connectivity index (χ2v) is 8.41. The summed E-state index contributed by atoms with van der Waals surface area (Å²) in [5, 5.41) is 13.6. The number of benzene rings is 2. The molecular formula is C23H18ClF3N4O4. The molecule has 2 aromatic carbocycles. The molecule has 2 amide bonds. The number of carboxylic acid groups (broad SMARTS) is 1. The van der Waals surface area contributed by atoms with E-state index in [4.69, 9.17) is 16.3 Å². The Morgan fingerprint density at radius 2 is 1.69 bits per heavy atom. The first-order chi connectivity index (χ1) is 16.7. The van der Waals surface area contributed by atoms with Crippen LogP contribution in [0.3, 0.4) is 0 Å². The number of rotatable bonds is 7. The van der Waals surface area contributed by atoms with Crippen molar-refractivity contribution in [2.24, 2.45) is 5.41 Å². The normalized spacial score (nSPS) is 14.1. The molecule has 3 aromatic rings. The number of urea groups is 1. The van der Waals surface area contributed by atoms with Crippen molar-refractivity contribution in [3.05, 3.63) is 65.2 Å². The topological polar surface area (TPSA) is 113 Å². The highest BCUT2D eigenvalue weighted by Gasteiger charge is 2.45. The van der Waals surface area contributed by atoms with Crippen molar-refractivity contribution in [3.8, 4) is 17.1 Å². The molecule has 4 rings (SSSR count). The monoisotopic (exact) mass is 506 g/mol. The minimum Gasteiger partial charge on any atom is -0.481 e. The maximum Gasteiger partial charge on any atom is 0.323 e. The second-order valence-electron chi connectivity index (χ2n) is 8.00. The quantitative estimate of drug-likeness (QED) is 0.390. The maximum atomic E-state index is 14.6. The first-order valence-electron chi connectivity index (χ1n) is 10.4. The third kappa shape index (κ3) is 5.29. The molecule has 0 atom stereocenters. The number of nitrogens with one attached hydrogen (secondary N) is 2. The summed E-state index contributed by atoms with van der Waals surface area (Å²) >= 11 is 5.83. The molecule has 35 heavy (non-hydrogen) atoms. The third-order valence-electron chi connectivity index (χ3n) is 5.66. The van der Waals surface area contributed by atoms with E-state index < -0.39 is 40.6 Å². The van der Waals surface area contributed by atoms with Gasteiger partial charge in [0.05, 0.1) is 10.7 Å². The van der Waals surface area contributed by atoms with Crippen molar-refractivity contribution in [2.45, 2.75) is 19.3 Å². The number of hydrogen-bond donors (Lipinski definition) is 3. The third-order valence-corrected chi connectivity index (χ3v) is 5.98. The van der Waals surface area contributed by atoms with Crippen LogP contribution in [0.1, 0.15) is 19.3 Å². The van der Waals surface area contributed by atoms with Crippen LogP contribution >= 0.6 is 11.6 Å². The van der Waals surface area contributed by atoms with Gasteiger partial charge in [0, 0.05) is 18.0 Å². The summed E-state index contributed by atoms with van der Waals surface area (Å²) in [7, 11) is 0. The molecule has 0 bridgehead atoms. The summed E-state index contributed by atoms with van der Waals surface area (Å²) in [6, 6.07) is 4.16. The molecule has 0 spiro atoms. The van der Waals surface area contributed by atoms with Gasteiger partial charge in [-0.1, -0.05) is 18.0 Å². The molecule has 1 saturated carbocycles. The summed E-state index contributed by atoms with van der Waals surface area (Å²) in [6.07, 6.45) is 4.38. The molecule has 0 radical (unpaired) electrons. The number of hydrogen-bond acceptors (Lipinski definition) is 5. The molecule has 8 nitrogen and oxygen atoms in total. The summed E-state index contributed by atoms with van der Waals surface area (Å²) < 4.78 is 47.7. The number of halogens is 4. The lowest BCUT2D eigenvalue weighted by atomic mass is 9.69. The van der Waals surface area contributed by atoms with Crippen LogP contribution in [0, 0.1) is 22.9 Å². The van der Waals surface area contributed by atoms with Gasteiger partial charge in [0.25, 0.3) is 0 Å². The van der Waals surface area contributed by atoms with Crippen molar-refractivity contribution in [1.82, 2.24) is 9.97 Å². The zero-order valence-corrected chi connectivity index (χ0v) is 18.7. The highest BCUT2D eigenvalue weighted by Crippen LogP contribution is 2.41. The molecule has 1 aliphatic carbocycles. The second kappa shape index (κ2) is 9.79. The average Bonchev–Trinajstić information content (AvgIpc) is 2.77. The molecule has 1 aliphatic rings. The van der Waals surface area contributed by atoms with Crippen LogP contribution in [-0.4, -0.2) is 33.7 Å². The van der Waals surface area contributed by atoms with E-state index in [0.29, 0.717) is 12.8 Å². The Balaban J connectivity index is 1.43. The van der Waals surface area contributed by atoms with Gasteiger partial charge in [0.15, 0.2) is 0 Å². The largest absolute Gasteiger partial charge is 0.481 e. The highest BCUT2D eigenvalue weighted by molar-refractivity contribution is 6.33. The van der Waals surface area contributed by atoms with Crippen molar-refractivity contribution >= 4 is 35.0 Å². The summed E-state index contributed by atoms with van der Waals surface area (Å²) in [4.78, 5) is 31.5. The minimum atomic E-state index is -1.06. The number of ether oxygens (including phenoxy) is 1. The number of anilines is 2. The lowest BCUT2D eigenvalue weighted by Crippen LogP contribution is -2.43. The van der Waals surface area contributed by atoms with Gasteiger partial charge < -0.3 is 20.5 Å². The van der Waals surface area contributed by atoms with Crippen molar-refractivity contribution in [2.75, 3.05) is 17.2 Å². The fourth-order valence-electron chi connectivity index (χ4n) is 3.48. The summed E-state index contributed by atoms with van der Waals surface area (Å²) in [6.45, 7) is -0.0729. The first-order valence-corrected chi connectivity index (χ1v) is 10.8. The molecular weight excluding hydrogens is 489 g/mol. The number of carbonyl (C=O) groups is 2. The number of nitrogens with zero attached hydrogens (tertiary/aromatic N) is 2. The van der Waals surface area contributed by atoms with E-state index in [9.17, 15) is 27.9 Å². The molecule has 3 N–H and O–H groups in total. The Morgan fingerprint density at radius 3 is 2.23 bits per heavy atom. The Bertz CT molecular complexity index is 1260. The first kappa shape index (κ1) is 24.3. The van der Waals surface area contributed by atoms with Gasteiger partial charge in [0.1, 0.15) is 35.2 Å². The predicted octanol–water partition coefficient (Wildman–Crippen LogP) is 5.49. The SMILES string of the molecule is O=C(Nc1ccc(F)cc1Cl)Nc1c(F)cc(-c2cnc(OCC3(C(=O)O)CCC3)nc2)cc1F. The van der Waals surface area contributed by atoms with Crippen LogP contribution in [0.5, 0.6) is 6.01 Å². The molecule has 1 fully saturated rings. The average molecular weight is 507 g/mol. The van der Waals surface area contributed by atoms with Crippen molar-refractivity contribution in [1.29, 1.82) is 0 Å². The van der Waals surface area contributed by atoms with Gasteiger partial charge >= 0.3 is 18.0 Å². The van der Waals surface area contributed by atoms with Gasteiger partial charge in [-0.05, 0) is 48.7 Å². The van der Waals surface area contributed by atoms with Crippen LogP contribution in [0.15, 0.2) is 42.7 Å². The molecule has 1 aromatic heterocycles.